The molecule has 2 rings (SSSR count). The van der Waals surface area contributed by atoms with Crippen LogP contribution in [-0.4, -0.2) is 27.7 Å². The third kappa shape index (κ3) is 3.17. The Hall–Kier alpha value is -1.75. The first-order valence-corrected chi connectivity index (χ1v) is 6.74. The van der Waals surface area contributed by atoms with Crippen molar-refractivity contribution in [1.82, 2.24) is 20.4 Å². The Morgan fingerprint density at radius 2 is 2.16 bits per heavy atom. The molecule has 5 nitrogen and oxygen atoms in total. The Labute approximate surface area is 113 Å². The van der Waals surface area contributed by atoms with Gasteiger partial charge in [0.2, 0.25) is 11.7 Å². The molecule has 0 saturated heterocycles. The fourth-order valence-electron chi connectivity index (χ4n) is 2.13. The topological polar surface area (TPSA) is 63.8 Å². The normalized spacial score (nSPS) is 14.3. The van der Waals surface area contributed by atoms with Crippen LogP contribution in [0.3, 0.4) is 0 Å². The van der Waals surface area contributed by atoms with Gasteiger partial charge in [-0.25, -0.2) is 0 Å². The van der Waals surface area contributed by atoms with E-state index in [9.17, 15) is 0 Å². The van der Waals surface area contributed by atoms with Crippen LogP contribution in [0, 0.1) is 0 Å². The Kier molecular flexibility index (Phi) is 4.63. The van der Waals surface area contributed by atoms with Gasteiger partial charge in [-0.3, -0.25) is 4.98 Å². The summed E-state index contributed by atoms with van der Waals surface area (Å²) >= 11 is 0. The van der Waals surface area contributed by atoms with Gasteiger partial charge in [0.25, 0.3) is 0 Å². The maximum atomic E-state index is 5.37. The predicted octanol–water partition coefficient (Wildman–Crippen LogP) is 2.62. The largest absolute Gasteiger partial charge is 0.339 e. The fourth-order valence-corrected chi connectivity index (χ4v) is 2.13. The molecule has 1 N–H and O–H groups in total. The van der Waals surface area contributed by atoms with E-state index in [0.29, 0.717) is 17.8 Å². The first kappa shape index (κ1) is 13.7. The van der Waals surface area contributed by atoms with Gasteiger partial charge in [-0.1, -0.05) is 32.0 Å². The molecule has 0 aromatic carbocycles. The standard InChI is InChI=1S/C14H20N4O/c1-4-11(15-5-2)10(3)14-17-13(18-19-14)12-8-6-7-9-16-12/h6-11,15H,4-5H2,1-3H3. The lowest BCUT2D eigenvalue weighted by molar-refractivity contribution is 0.321. The SMILES string of the molecule is CCNC(CC)C(C)c1nc(-c2ccccn2)no1. The average molecular weight is 260 g/mol. The second kappa shape index (κ2) is 6.43. The molecule has 0 spiro atoms. The molecule has 2 aromatic rings. The van der Waals surface area contributed by atoms with Crippen molar-refractivity contribution in [1.29, 1.82) is 0 Å². The lowest BCUT2D eigenvalue weighted by Gasteiger charge is -2.20. The molecule has 2 unspecified atom stereocenters. The van der Waals surface area contributed by atoms with E-state index >= 15 is 0 Å². The molecule has 0 bridgehead atoms. The van der Waals surface area contributed by atoms with E-state index in [-0.39, 0.29) is 5.92 Å². The lowest BCUT2D eigenvalue weighted by atomic mass is 9.99. The van der Waals surface area contributed by atoms with E-state index in [0.717, 1.165) is 18.7 Å². The zero-order chi connectivity index (χ0) is 13.7. The van der Waals surface area contributed by atoms with Crippen LogP contribution in [0.25, 0.3) is 11.5 Å². The van der Waals surface area contributed by atoms with Gasteiger partial charge in [-0.2, -0.15) is 4.98 Å². The highest BCUT2D eigenvalue weighted by Crippen LogP contribution is 2.22. The summed E-state index contributed by atoms with van der Waals surface area (Å²) in [6.45, 7) is 7.29. The molecule has 0 aliphatic heterocycles. The number of hydrogen-bond acceptors (Lipinski definition) is 5. The molecule has 0 saturated carbocycles. The number of likely N-dealkylation sites (N-methyl/N-ethyl adjacent to an activating group) is 1. The summed E-state index contributed by atoms with van der Waals surface area (Å²) in [6.07, 6.45) is 2.75. The summed E-state index contributed by atoms with van der Waals surface area (Å²) in [6, 6.07) is 6.00. The number of rotatable bonds is 6. The summed E-state index contributed by atoms with van der Waals surface area (Å²) in [5.41, 5.74) is 0.737. The van der Waals surface area contributed by atoms with E-state index in [1.54, 1.807) is 6.20 Å². The minimum Gasteiger partial charge on any atom is -0.339 e. The van der Waals surface area contributed by atoms with Crippen LogP contribution in [0.1, 0.15) is 39.0 Å². The van der Waals surface area contributed by atoms with E-state index in [2.05, 4.69) is 41.2 Å². The molecule has 0 radical (unpaired) electrons. The lowest BCUT2D eigenvalue weighted by Crippen LogP contribution is -2.33. The van der Waals surface area contributed by atoms with Gasteiger partial charge in [0.05, 0.1) is 5.92 Å². The van der Waals surface area contributed by atoms with Crippen molar-refractivity contribution in [2.75, 3.05) is 6.54 Å². The molecule has 2 aromatic heterocycles. The van der Waals surface area contributed by atoms with Crippen LogP contribution < -0.4 is 5.32 Å². The highest BCUT2D eigenvalue weighted by atomic mass is 16.5. The van der Waals surface area contributed by atoms with E-state index in [4.69, 9.17) is 4.52 Å². The molecular formula is C14H20N4O. The van der Waals surface area contributed by atoms with Gasteiger partial charge in [-0.05, 0) is 25.1 Å². The second-order valence-electron chi connectivity index (χ2n) is 4.53. The Morgan fingerprint density at radius 3 is 2.79 bits per heavy atom. The minimum absolute atomic E-state index is 0.190. The van der Waals surface area contributed by atoms with Gasteiger partial charge < -0.3 is 9.84 Å². The van der Waals surface area contributed by atoms with E-state index in [1.165, 1.54) is 0 Å². The molecular weight excluding hydrogens is 240 g/mol. The highest BCUT2D eigenvalue weighted by Gasteiger charge is 2.22. The van der Waals surface area contributed by atoms with Crippen molar-refractivity contribution in [2.24, 2.45) is 0 Å². The maximum Gasteiger partial charge on any atom is 0.231 e. The van der Waals surface area contributed by atoms with Crippen LogP contribution in [-0.2, 0) is 0 Å². The van der Waals surface area contributed by atoms with E-state index < -0.39 is 0 Å². The van der Waals surface area contributed by atoms with Crippen molar-refractivity contribution in [2.45, 2.75) is 39.2 Å². The van der Waals surface area contributed by atoms with Crippen LogP contribution in [0.5, 0.6) is 0 Å². The van der Waals surface area contributed by atoms with Crippen LogP contribution in [0.2, 0.25) is 0 Å². The van der Waals surface area contributed by atoms with Crippen molar-refractivity contribution in [3.05, 3.63) is 30.3 Å². The zero-order valence-corrected chi connectivity index (χ0v) is 11.6. The summed E-state index contributed by atoms with van der Waals surface area (Å²) in [5.74, 6) is 1.40. The van der Waals surface area contributed by atoms with Crippen LogP contribution in [0.15, 0.2) is 28.9 Å². The van der Waals surface area contributed by atoms with Gasteiger partial charge in [0.15, 0.2) is 0 Å². The second-order valence-corrected chi connectivity index (χ2v) is 4.53. The highest BCUT2D eigenvalue weighted by molar-refractivity contribution is 5.47. The quantitative estimate of drug-likeness (QED) is 0.865. The minimum atomic E-state index is 0.190. The van der Waals surface area contributed by atoms with Gasteiger partial charge in [0.1, 0.15) is 5.69 Å². The summed E-state index contributed by atoms with van der Waals surface area (Å²) in [7, 11) is 0. The monoisotopic (exact) mass is 260 g/mol. The summed E-state index contributed by atoms with van der Waals surface area (Å²) < 4.78 is 5.37. The smallest absolute Gasteiger partial charge is 0.231 e. The van der Waals surface area contributed by atoms with Crippen molar-refractivity contribution < 1.29 is 4.52 Å². The van der Waals surface area contributed by atoms with Crippen molar-refractivity contribution in [3.63, 3.8) is 0 Å². The van der Waals surface area contributed by atoms with Crippen LogP contribution >= 0.6 is 0 Å². The van der Waals surface area contributed by atoms with Crippen molar-refractivity contribution >= 4 is 0 Å². The van der Waals surface area contributed by atoms with Gasteiger partial charge in [-0.15, -0.1) is 0 Å². The molecule has 0 amide bonds. The predicted molar refractivity (Wildman–Crippen MR) is 73.7 cm³/mol. The zero-order valence-electron chi connectivity index (χ0n) is 11.6. The Bertz CT molecular complexity index is 497. The third-order valence-corrected chi connectivity index (χ3v) is 3.23. The fraction of sp³-hybridized carbons (Fsp3) is 0.500. The van der Waals surface area contributed by atoms with Crippen LogP contribution in [0.4, 0.5) is 0 Å². The molecule has 102 valence electrons. The number of pyridine rings is 1. The molecule has 5 heteroatoms. The van der Waals surface area contributed by atoms with Gasteiger partial charge in [0, 0.05) is 12.2 Å². The summed E-state index contributed by atoms with van der Waals surface area (Å²) in [5, 5.41) is 7.44. The average Bonchev–Trinajstić information content (AvgIpc) is 2.95. The molecule has 0 aliphatic rings. The first-order valence-electron chi connectivity index (χ1n) is 6.74. The molecule has 0 aliphatic carbocycles. The number of hydrogen-bond donors (Lipinski definition) is 1. The molecule has 2 atom stereocenters. The molecule has 2 heterocycles. The first-order chi connectivity index (χ1) is 9.26. The number of nitrogens with zero attached hydrogens (tertiary/aromatic N) is 3. The van der Waals surface area contributed by atoms with E-state index in [1.807, 2.05) is 18.2 Å². The third-order valence-electron chi connectivity index (χ3n) is 3.23. The Balaban J connectivity index is 2.16. The number of nitrogens with one attached hydrogen (secondary N) is 1. The number of aromatic nitrogens is 3. The summed E-state index contributed by atoms with van der Waals surface area (Å²) in [4.78, 5) is 8.67. The molecule has 0 fully saturated rings. The molecule has 19 heavy (non-hydrogen) atoms. The maximum absolute atomic E-state index is 5.37. The van der Waals surface area contributed by atoms with Crippen molar-refractivity contribution in [3.8, 4) is 11.5 Å². The van der Waals surface area contributed by atoms with Gasteiger partial charge >= 0.3 is 0 Å². The Morgan fingerprint density at radius 1 is 1.32 bits per heavy atom.